The van der Waals surface area contributed by atoms with Gasteiger partial charge in [-0.05, 0) is 52.3 Å². The standard InChI is InChI=1S/C19H27F3N2O2/c1-12(2)10-18(25,19(20,21)22)15-8-14(5)16(9-17(15)26-7)23-11-24(6)13(3)4/h8-11,13,25H,1-7H3. The molecule has 0 amide bonds. The maximum absolute atomic E-state index is 13.7. The Labute approximate surface area is 153 Å². The molecule has 1 atom stereocenters. The van der Waals surface area contributed by atoms with Crippen molar-refractivity contribution in [1.29, 1.82) is 0 Å². The number of methoxy groups -OCH3 is 1. The fourth-order valence-corrected chi connectivity index (χ4v) is 2.30. The van der Waals surface area contributed by atoms with Gasteiger partial charge in [0, 0.05) is 24.7 Å². The Kier molecular flexibility index (Phi) is 6.88. The Bertz CT molecular complexity index is 693. The van der Waals surface area contributed by atoms with E-state index in [9.17, 15) is 18.3 Å². The van der Waals surface area contributed by atoms with Crippen LogP contribution in [0.15, 0.2) is 28.8 Å². The van der Waals surface area contributed by atoms with Gasteiger partial charge < -0.3 is 14.7 Å². The van der Waals surface area contributed by atoms with Crippen LogP contribution in [0.1, 0.15) is 38.8 Å². The smallest absolute Gasteiger partial charge is 0.425 e. The molecular formula is C19H27F3N2O2. The van der Waals surface area contributed by atoms with Crippen molar-refractivity contribution in [3.63, 3.8) is 0 Å². The van der Waals surface area contributed by atoms with Gasteiger partial charge in [0.25, 0.3) is 0 Å². The summed E-state index contributed by atoms with van der Waals surface area (Å²) in [5.41, 5.74) is -2.19. The van der Waals surface area contributed by atoms with Crippen molar-refractivity contribution in [3.05, 3.63) is 34.9 Å². The van der Waals surface area contributed by atoms with Crippen LogP contribution >= 0.6 is 0 Å². The second kappa shape index (κ2) is 8.12. The van der Waals surface area contributed by atoms with Gasteiger partial charge in [0.2, 0.25) is 5.60 Å². The Morgan fingerprint density at radius 2 is 1.85 bits per heavy atom. The lowest BCUT2D eigenvalue weighted by Crippen LogP contribution is -2.41. The molecule has 0 fully saturated rings. The summed E-state index contributed by atoms with van der Waals surface area (Å²) in [5.74, 6) is -0.0766. The summed E-state index contributed by atoms with van der Waals surface area (Å²) in [6, 6.07) is 2.91. The van der Waals surface area contributed by atoms with Gasteiger partial charge in [-0.25, -0.2) is 4.99 Å². The number of benzene rings is 1. The van der Waals surface area contributed by atoms with Crippen LogP contribution in [-0.4, -0.2) is 42.7 Å². The molecule has 1 aromatic rings. The number of nitrogens with zero attached hydrogens (tertiary/aromatic N) is 2. The molecule has 0 saturated carbocycles. The molecule has 146 valence electrons. The van der Waals surface area contributed by atoms with E-state index < -0.39 is 11.8 Å². The van der Waals surface area contributed by atoms with Gasteiger partial charge in [-0.1, -0.05) is 5.57 Å². The molecule has 0 bridgehead atoms. The summed E-state index contributed by atoms with van der Waals surface area (Å²) in [6.45, 7) is 8.62. The van der Waals surface area contributed by atoms with Gasteiger partial charge in [0.05, 0.1) is 19.1 Å². The number of ether oxygens (including phenoxy) is 1. The molecule has 0 aliphatic heterocycles. The predicted molar refractivity (Wildman–Crippen MR) is 98.2 cm³/mol. The first-order chi connectivity index (χ1) is 11.8. The minimum Gasteiger partial charge on any atom is -0.496 e. The van der Waals surface area contributed by atoms with Gasteiger partial charge >= 0.3 is 6.18 Å². The molecule has 1 unspecified atom stereocenters. The van der Waals surface area contributed by atoms with Crippen molar-refractivity contribution in [2.75, 3.05) is 14.2 Å². The lowest BCUT2D eigenvalue weighted by atomic mass is 9.88. The van der Waals surface area contributed by atoms with Crippen molar-refractivity contribution in [2.45, 2.75) is 52.4 Å². The SMILES string of the molecule is COc1cc(N=CN(C)C(C)C)c(C)cc1C(O)(C=C(C)C)C(F)(F)F. The van der Waals surface area contributed by atoms with E-state index in [1.165, 1.54) is 33.1 Å². The predicted octanol–water partition coefficient (Wildman–Crippen LogP) is 4.72. The molecule has 0 radical (unpaired) electrons. The Morgan fingerprint density at radius 3 is 2.27 bits per heavy atom. The van der Waals surface area contributed by atoms with Gasteiger partial charge in [0.15, 0.2) is 0 Å². The van der Waals surface area contributed by atoms with Gasteiger partial charge in [-0.2, -0.15) is 13.2 Å². The van der Waals surface area contributed by atoms with Crippen LogP contribution in [-0.2, 0) is 5.60 Å². The quantitative estimate of drug-likeness (QED) is 0.446. The number of aliphatic imine (C=N–C) groups is 1. The summed E-state index contributed by atoms with van der Waals surface area (Å²) < 4.78 is 46.1. The van der Waals surface area contributed by atoms with Crippen molar-refractivity contribution < 1.29 is 23.0 Å². The van der Waals surface area contributed by atoms with Crippen LogP contribution in [0.4, 0.5) is 18.9 Å². The van der Waals surface area contributed by atoms with Crippen molar-refractivity contribution in [1.82, 2.24) is 4.90 Å². The highest BCUT2D eigenvalue weighted by molar-refractivity contribution is 5.66. The normalized spacial score (nSPS) is 14.5. The highest BCUT2D eigenvalue weighted by Gasteiger charge is 2.55. The zero-order valence-electron chi connectivity index (χ0n) is 16.3. The van der Waals surface area contributed by atoms with Crippen LogP contribution in [0, 0.1) is 6.92 Å². The first-order valence-corrected chi connectivity index (χ1v) is 8.24. The summed E-state index contributed by atoms with van der Waals surface area (Å²) in [6.07, 6.45) is -2.50. The van der Waals surface area contributed by atoms with E-state index in [0.29, 0.717) is 16.8 Å². The Hall–Kier alpha value is -2.02. The summed E-state index contributed by atoms with van der Waals surface area (Å²) in [4.78, 5) is 6.19. The molecule has 4 nitrogen and oxygen atoms in total. The molecule has 0 saturated heterocycles. The number of aryl methyl sites for hydroxylation is 1. The lowest BCUT2D eigenvalue weighted by Gasteiger charge is -2.30. The van der Waals surface area contributed by atoms with E-state index in [-0.39, 0.29) is 17.4 Å². The third-order valence-electron chi connectivity index (χ3n) is 4.05. The highest BCUT2D eigenvalue weighted by Crippen LogP contribution is 2.46. The van der Waals surface area contributed by atoms with E-state index in [0.717, 1.165) is 6.08 Å². The van der Waals surface area contributed by atoms with Crippen molar-refractivity contribution >= 4 is 12.0 Å². The highest BCUT2D eigenvalue weighted by atomic mass is 19.4. The molecule has 0 aliphatic carbocycles. The van der Waals surface area contributed by atoms with Crippen LogP contribution in [0.25, 0.3) is 0 Å². The van der Waals surface area contributed by atoms with Gasteiger partial charge in [-0.3, -0.25) is 0 Å². The second-order valence-electron chi connectivity index (χ2n) is 6.83. The van der Waals surface area contributed by atoms with E-state index >= 15 is 0 Å². The minimum absolute atomic E-state index is 0.0766. The van der Waals surface area contributed by atoms with Crippen molar-refractivity contribution in [2.24, 2.45) is 4.99 Å². The number of halogens is 3. The summed E-state index contributed by atoms with van der Waals surface area (Å²) in [5, 5.41) is 10.5. The Balaban J connectivity index is 3.55. The number of hydrogen-bond acceptors (Lipinski definition) is 3. The number of rotatable bonds is 6. The number of alkyl halides is 3. The van der Waals surface area contributed by atoms with E-state index in [2.05, 4.69) is 4.99 Å². The van der Waals surface area contributed by atoms with Gasteiger partial charge in [-0.15, -0.1) is 0 Å². The summed E-state index contributed by atoms with van der Waals surface area (Å²) >= 11 is 0. The van der Waals surface area contributed by atoms with E-state index in [4.69, 9.17) is 4.74 Å². The maximum atomic E-state index is 13.7. The number of aliphatic hydroxyl groups is 1. The lowest BCUT2D eigenvalue weighted by molar-refractivity contribution is -0.245. The maximum Gasteiger partial charge on any atom is 0.425 e. The zero-order valence-corrected chi connectivity index (χ0v) is 16.3. The monoisotopic (exact) mass is 372 g/mol. The summed E-state index contributed by atoms with van der Waals surface area (Å²) in [7, 11) is 3.12. The average molecular weight is 372 g/mol. The van der Waals surface area contributed by atoms with Crippen molar-refractivity contribution in [3.8, 4) is 5.75 Å². The topological polar surface area (TPSA) is 45.1 Å². The van der Waals surface area contributed by atoms with Crippen LogP contribution in [0.5, 0.6) is 5.75 Å². The van der Waals surface area contributed by atoms with Crippen LogP contribution in [0.2, 0.25) is 0 Å². The molecule has 0 spiro atoms. The molecule has 1 N–H and O–H groups in total. The molecule has 0 aromatic heterocycles. The minimum atomic E-state index is -4.90. The molecule has 7 heteroatoms. The largest absolute Gasteiger partial charge is 0.496 e. The second-order valence-corrected chi connectivity index (χ2v) is 6.83. The van der Waals surface area contributed by atoms with E-state index in [1.807, 2.05) is 25.8 Å². The molecule has 1 rings (SSSR count). The van der Waals surface area contributed by atoms with Gasteiger partial charge in [0.1, 0.15) is 5.75 Å². The third kappa shape index (κ3) is 4.78. The molecule has 1 aromatic carbocycles. The first kappa shape index (κ1) is 22.0. The molecule has 0 heterocycles. The number of hydrogen-bond donors (Lipinski definition) is 1. The Morgan fingerprint density at radius 1 is 1.27 bits per heavy atom. The molecule has 26 heavy (non-hydrogen) atoms. The fraction of sp³-hybridized carbons (Fsp3) is 0.526. The number of allylic oxidation sites excluding steroid dienone is 1. The first-order valence-electron chi connectivity index (χ1n) is 8.24. The van der Waals surface area contributed by atoms with E-state index in [1.54, 1.807) is 13.3 Å². The fourth-order valence-electron chi connectivity index (χ4n) is 2.30. The van der Waals surface area contributed by atoms with Crippen LogP contribution < -0.4 is 4.74 Å². The zero-order chi connectivity index (χ0) is 20.3. The molecular weight excluding hydrogens is 345 g/mol. The van der Waals surface area contributed by atoms with Crippen LogP contribution in [0.3, 0.4) is 0 Å². The third-order valence-corrected chi connectivity index (χ3v) is 4.05. The average Bonchev–Trinajstić information content (AvgIpc) is 2.51. The molecule has 0 aliphatic rings.